The molecule has 0 radical (unpaired) electrons. The number of benzene rings is 1. The molecule has 1 unspecified atom stereocenters. The van der Waals surface area contributed by atoms with Gasteiger partial charge in [-0.15, -0.1) is 5.01 Å². The van der Waals surface area contributed by atoms with Crippen molar-refractivity contribution in [1.29, 1.82) is 0 Å². The number of amides is 2. The van der Waals surface area contributed by atoms with Crippen LogP contribution in [0.25, 0.3) is 0 Å². The summed E-state index contributed by atoms with van der Waals surface area (Å²) in [6.45, 7) is -3.04. The summed E-state index contributed by atoms with van der Waals surface area (Å²) in [5.41, 5.74) is -1.52. The minimum absolute atomic E-state index is 0.0650. The van der Waals surface area contributed by atoms with Crippen LogP contribution in [0.4, 0.5) is 19.3 Å². The van der Waals surface area contributed by atoms with Crippen molar-refractivity contribution in [3.05, 3.63) is 22.2 Å². The second kappa shape index (κ2) is 5.40. The van der Waals surface area contributed by atoms with Crippen molar-refractivity contribution >= 4 is 46.5 Å². The number of nitrogens with zero attached hydrogens (tertiary/aromatic N) is 3. The number of alkyl halides is 3. The Labute approximate surface area is 127 Å². The van der Waals surface area contributed by atoms with Crippen LogP contribution < -0.4 is 5.01 Å². The van der Waals surface area contributed by atoms with Gasteiger partial charge >= 0.3 is 12.6 Å². The van der Waals surface area contributed by atoms with Crippen molar-refractivity contribution in [3.8, 4) is 5.75 Å². The molecule has 1 fully saturated rings. The van der Waals surface area contributed by atoms with Gasteiger partial charge in [0.25, 0.3) is 0 Å². The normalized spacial score (nSPS) is 20.4. The molecule has 1 aliphatic heterocycles. The summed E-state index contributed by atoms with van der Waals surface area (Å²) in [4.78, 5) is 12.9. The van der Waals surface area contributed by atoms with Crippen molar-refractivity contribution in [3.63, 3.8) is 0 Å². The van der Waals surface area contributed by atoms with Gasteiger partial charge in [-0.2, -0.15) is 8.78 Å². The molecule has 0 aromatic heterocycles. The first-order valence-corrected chi connectivity index (χ1v) is 6.40. The molecule has 10 heteroatoms. The molecule has 0 spiro atoms. The summed E-state index contributed by atoms with van der Waals surface area (Å²) < 4.78 is 26.1. The Hall–Kier alpha value is -1.02. The molecule has 0 bridgehead atoms. The summed E-state index contributed by atoms with van der Waals surface area (Å²) in [6, 6.07) is 1.35. The van der Waals surface area contributed by atoms with Gasteiger partial charge in [-0.05, 0) is 6.07 Å². The number of phenolic OH excluding ortho intramolecular Hbond substituents is 1. The third kappa shape index (κ3) is 2.35. The van der Waals surface area contributed by atoms with Crippen molar-refractivity contribution in [2.24, 2.45) is 0 Å². The number of anilines is 1. The molecule has 1 saturated heterocycles. The van der Waals surface area contributed by atoms with Crippen LogP contribution in [-0.4, -0.2) is 40.3 Å². The summed E-state index contributed by atoms with van der Waals surface area (Å²) in [5, 5.41) is 10.3. The Morgan fingerprint density at radius 1 is 1.30 bits per heavy atom. The number of phenols is 1. The van der Waals surface area contributed by atoms with Gasteiger partial charge in [0.2, 0.25) is 0 Å². The Bertz CT molecular complexity index is 561. The molecule has 5 nitrogen and oxygen atoms in total. The predicted molar refractivity (Wildman–Crippen MR) is 71.2 cm³/mol. The average molecular weight is 347 g/mol. The molecule has 1 heterocycles. The van der Waals surface area contributed by atoms with Gasteiger partial charge in [0.15, 0.2) is 5.62 Å². The van der Waals surface area contributed by atoms with Gasteiger partial charge in [0.1, 0.15) is 5.75 Å². The predicted octanol–water partition coefficient (Wildman–Crippen LogP) is 3.53. The number of urea groups is 1. The van der Waals surface area contributed by atoms with Crippen molar-refractivity contribution in [2.45, 2.75) is 12.2 Å². The highest BCUT2D eigenvalue weighted by atomic mass is 35.5. The van der Waals surface area contributed by atoms with Gasteiger partial charge in [-0.3, -0.25) is 4.90 Å². The molecule has 1 N–H and O–H groups in total. The fourth-order valence-electron chi connectivity index (χ4n) is 1.71. The van der Waals surface area contributed by atoms with E-state index in [2.05, 4.69) is 0 Å². The van der Waals surface area contributed by atoms with Crippen molar-refractivity contribution < 1.29 is 18.7 Å². The Morgan fingerprint density at radius 3 is 2.45 bits per heavy atom. The first kappa shape index (κ1) is 15.4. The number of halogens is 5. The fourth-order valence-corrected chi connectivity index (χ4v) is 2.43. The number of hydrogen-bond donors (Lipinski definition) is 1. The zero-order valence-corrected chi connectivity index (χ0v) is 12.2. The maximum absolute atomic E-state index is 13.1. The number of hydrazine groups is 1. The maximum atomic E-state index is 13.1. The lowest BCUT2D eigenvalue weighted by atomic mass is 10.3. The minimum Gasteiger partial charge on any atom is -0.506 e. The van der Waals surface area contributed by atoms with E-state index in [4.69, 9.17) is 34.8 Å². The maximum Gasteiger partial charge on any atom is 0.341 e. The van der Waals surface area contributed by atoms with Crippen molar-refractivity contribution in [1.82, 2.24) is 9.91 Å². The van der Waals surface area contributed by atoms with E-state index in [1.165, 1.54) is 7.05 Å². The van der Waals surface area contributed by atoms with Crippen LogP contribution in [0.2, 0.25) is 10.0 Å². The van der Waals surface area contributed by atoms with E-state index in [0.29, 0.717) is 10.0 Å². The molecule has 2 amide bonds. The molecular weight excluding hydrogens is 338 g/mol. The average Bonchev–Trinajstić information content (AvgIpc) is 2.58. The standard InChI is InChI=1S/C10H8Cl3F2N3O2/c1-16-8(13)18(9(14)15)17(10(16)20)6-3-7(19)5(12)2-4(6)11/h2-3,8-9,19H,1H3. The number of aromatic hydroxyl groups is 1. The third-order valence-corrected chi connectivity index (χ3v) is 3.79. The zero-order chi connectivity index (χ0) is 15.2. The highest BCUT2D eigenvalue weighted by molar-refractivity contribution is 6.37. The van der Waals surface area contributed by atoms with Gasteiger partial charge < -0.3 is 5.11 Å². The lowest BCUT2D eigenvalue weighted by Gasteiger charge is -2.27. The SMILES string of the molecule is CN1C(=O)N(c2cc(O)c(Cl)cc2Cl)N(C(F)F)C1Cl. The van der Waals surface area contributed by atoms with Crippen molar-refractivity contribution in [2.75, 3.05) is 12.1 Å². The molecule has 0 saturated carbocycles. The monoisotopic (exact) mass is 345 g/mol. The van der Waals surface area contributed by atoms with Crippen LogP contribution in [0.5, 0.6) is 5.75 Å². The van der Waals surface area contributed by atoms with E-state index in [1.54, 1.807) is 0 Å². The molecule has 1 aromatic rings. The summed E-state index contributed by atoms with van der Waals surface area (Å²) >= 11 is 17.3. The number of carbonyl (C=O) groups excluding carboxylic acids is 1. The smallest absolute Gasteiger partial charge is 0.341 e. The molecular formula is C10H8Cl3F2N3O2. The minimum atomic E-state index is -3.04. The highest BCUT2D eigenvalue weighted by Crippen LogP contribution is 2.40. The van der Waals surface area contributed by atoms with E-state index < -0.39 is 24.0 Å². The first-order valence-electron chi connectivity index (χ1n) is 5.21. The molecule has 20 heavy (non-hydrogen) atoms. The quantitative estimate of drug-likeness (QED) is 0.658. The lowest BCUT2D eigenvalue weighted by molar-refractivity contribution is -0.0374. The third-order valence-electron chi connectivity index (χ3n) is 2.70. The molecule has 110 valence electrons. The topological polar surface area (TPSA) is 47.0 Å². The van der Waals surface area contributed by atoms with Crippen LogP contribution >= 0.6 is 34.8 Å². The summed E-state index contributed by atoms with van der Waals surface area (Å²) in [6.07, 6.45) is 0. The van der Waals surface area contributed by atoms with Gasteiger partial charge in [-0.25, -0.2) is 9.80 Å². The van der Waals surface area contributed by atoms with Crippen LogP contribution in [-0.2, 0) is 0 Å². The van der Waals surface area contributed by atoms with E-state index in [-0.39, 0.29) is 15.7 Å². The molecule has 2 rings (SSSR count). The Morgan fingerprint density at radius 2 is 1.90 bits per heavy atom. The number of carbonyl (C=O) groups is 1. The Balaban J connectivity index is 2.54. The van der Waals surface area contributed by atoms with Gasteiger partial charge in [0, 0.05) is 13.1 Å². The van der Waals surface area contributed by atoms with Crippen LogP contribution in [0, 0.1) is 0 Å². The van der Waals surface area contributed by atoms with E-state index in [9.17, 15) is 18.7 Å². The first-order chi connectivity index (χ1) is 9.25. The fraction of sp³-hybridized carbons (Fsp3) is 0.300. The second-order valence-corrected chi connectivity index (χ2v) is 5.13. The highest BCUT2D eigenvalue weighted by Gasteiger charge is 2.47. The summed E-state index contributed by atoms with van der Waals surface area (Å²) in [7, 11) is 1.26. The largest absolute Gasteiger partial charge is 0.506 e. The second-order valence-electron chi connectivity index (χ2n) is 3.93. The lowest BCUT2D eigenvalue weighted by Crippen LogP contribution is -2.44. The molecule has 0 aliphatic carbocycles. The number of hydrogen-bond acceptors (Lipinski definition) is 3. The van der Waals surface area contributed by atoms with E-state index in [0.717, 1.165) is 17.0 Å². The molecule has 1 aromatic carbocycles. The summed E-state index contributed by atoms with van der Waals surface area (Å²) in [5.74, 6) is -0.395. The van der Waals surface area contributed by atoms with Crippen LogP contribution in [0.15, 0.2) is 12.1 Å². The van der Waals surface area contributed by atoms with Crippen LogP contribution in [0.1, 0.15) is 0 Å². The van der Waals surface area contributed by atoms with Gasteiger partial charge in [0.05, 0.1) is 15.7 Å². The Kier molecular flexibility index (Phi) is 4.15. The van der Waals surface area contributed by atoms with Gasteiger partial charge in [-0.1, -0.05) is 34.8 Å². The number of rotatable bonds is 2. The molecule has 1 aliphatic rings. The van der Waals surface area contributed by atoms with Crippen LogP contribution in [0.3, 0.4) is 0 Å². The van der Waals surface area contributed by atoms with E-state index >= 15 is 0 Å². The molecule has 1 atom stereocenters. The zero-order valence-electron chi connectivity index (χ0n) is 9.90. The van der Waals surface area contributed by atoms with E-state index in [1.807, 2.05) is 0 Å².